The summed E-state index contributed by atoms with van der Waals surface area (Å²) in [5.41, 5.74) is 2.39. The molecule has 0 saturated carbocycles. The highest BCUT2D eigenvalue weighted by Gasteiger charge is 2.17. The van der Waals surface area contributed by atoms with Crippen LogP contribution in [0.1, 0.15) is 39.7 Å². The molecule has 1 atom stereocenters. The number of hydrogen-bond acceptors (Lipinski definition) is 1. The highest BCUT2D eigenvalue weighted by Crippen LogP contribution is 2.29. The molecule has 0 spiro atoms. The van der Waals surface area contributed by atoms with Crippen molar-refractivity contribution in [2.45, 2.75) is 34.1 Å². The van der Waals surface area contributed by atoms with Crippen molar-refractivity contribution >= 4 is 18.0 Å². The molecule has 0 radical (unpaired) electrons. The van der Waals surface area contributed by atoms with Gasteiger partial charge in [-0.3, -0.25) is 4.99 Å². The standard InChI is InChI=1S/C13H15N.C2H6/c1-3-13(2)9-8-11-6-4-5-7-12(11)14-10-13;1-2/h4-10H,3H2,1-2H3;1-2H3. The molecular weight excluding hydrogens is 194 g/mol. The topological polar surface area (TPSA) is 12.4 Å². The molecule has 0 saturated heterocycles. The molecule has 0 amide bonds. The molecule has 1 aromatic rings. The van der Waals surface area contributed by atoms with Crippen LogP contribution in [0.2, 0.25) is 0 Å². The van der Waals surface area contributed by atoms with Gasteiger partial charge in [0.25, 0.3) is 0 Å². The van der Waals surface area contributed by atoms with Crippen molar-refractivity contribution < 1.29 is 0 Å². The van der Waals surface area contributed by atoms with Crippen molar-refractivity contribution in [3.8, 4) is 0 Å². The Bertz CT molecular complexity index is 355. The first-order valence-electron chi connectivity index (χ1n) is 6.07. The minimum Gasteiger partial charge on any atom is -0.260 e. The van der Waals surface area contributed by atoms with Gasteiger partial charge in [0, 0.05) is 11.6 Å². The summed E-state index contributed by atoms with van der Waals surface area (Å²) in [6, 6.07) is 8.23. The first-order chi connectivity index (χ1) is 7.73. The van der Waals surface area contributed by atoms with E-state index in [4.69, 9.17) is 0 Å². The summed E-state index contributed by atoms with van der Waals surface area (Å²) in [6.45, 7) is 8.39. The maximum absolute atomic E-state index is 4.52. The molecular formula is C15H21N. The monoisotopic (exact) mass is 215 g/mol. The van der Waals surface area contributed by atoms with Gasteiger partial charge in [0.1, 0.15) is 0 Å². The Balaban J connectivity index is 0.000000606. The van der Waals surface area contributed by atoms with E-state index in [1.807, 2.05) is 26.0 Å². The van der Waals surface area contributed by atoms with E-state index < -0.39 is 0 Å². The van der Waals surface area contributed by atoms with Gasteiger partial charge in [-0.1, -0.05) is 58.0 Å². The number of fused-ring (bicyclic) bond motifs is 1. The molecule has 1 nitrogen and oxygen atoms in total. The summed E-state index contributed by atoms with van der Waals surface area (Å²) in [7, 11) is 0. The molecule has 0 aromatic heterocycles. The number of para-hydroxylation sites is 1. The Hall–Kier alpha value is -1.37. The van der Waals surface area contributed by atoms with Gasteiger partial charge in [-0.25, -0.2) is 0 Å². The Morgan fingerprint density at radius 1 is 1.19 bits per heavy atom. The summed E-state index contributed by atoms with van der Waals surface area (Å²) in [5, 5.41) is 0. The van der Waals surface area contributed by atoms with Crippen LogP contribution in [0.15, 0.2) is 35.3 Å². The third kappa shape index (κ3) is 2.82. The Morgan fingerprint density at radius 2 is 1.88 bits per heavy atom. The van der Waals surface area contributed by atoms with Gasteiger partial charge in [0.05, 0.1) is 5.69 Å². The third-order valence-corrected chi connectivity index (χ3v) is 2.84. The van der Waals surface area contributed by atoms with Crippen LogP contribution in [0, 0.1) is 5.41 Å². The normalized spacial score (nSPS) is 21.8. The lowest BCUT2D eigenvalue weighted by Gasteiger charge is -2.16. The molecule has 2 rings (SSSR count). The molecule has 1 aliphatic heterocycles. The van der Waals surface area contributed by atoms with Crippen molar-refractivity contribution in [2.75, 3.05) is 0 Å². The Labute approximate surface area is 98.9 Å². The second kappa shape index (κ2) is 5.64. The third-order valence-electron chi connectivity index (χ3n) is 2.84. The molecule has 1 aliphatic rings. The van der Waals surface area contributed by atoms with E-state index in [-0.39, 0.29) is 5.41 Å². The maximum Gasteiger partial charge on any atom is 0.0698 e. The number of hydrogen-bond donors (Lipinski definition) is 0. The predicted octanol–water partition coefficient (Wildman–Crippen LogP) is 4.86. The van der Waals surface area contributed by atoms with E-state index in [2.05, 4.69) is 49.3 Å². The Morgan fingerprint density at radius 3 is 2.56 bits per heavy atom. The maximum atomic E-state index is 4.52. The molecule has 1 aromatic carbocycles. The van der Waals surface area contributed by atoms with Crippen LogP contribution in [0.25, 0.3) is 6.08 Å². The molecule has 16 heavy (non-hydrogen) atoms. The number of benzene rings is 1. The lowest BCUT2D eigenvalue weighted by molar-refractivity contribution is 0.590. The number of rotatable bonds is 1. The highest BCUT2D eigenvalue weighted by molar-refractivity contribution is 5.80. The summed E-state index contributed by atoms with van der Waals surface area (Å²) < 4.78 is 0. The van der Waals surface area contributed by atoms with Crippen LogP contribution < -0.4 is 0 Å². The van der Waals surface area contributed by atoms with E-state index in [1.165, 1.54) is 5.56 Å². The molecule has 0 N–H and O–H groups in total. The minimum atomic E-state index is 0.110. The predicted molar refractivity (Wildman–Crippen MR) is 73.4 cm³/mol. The fourth-order valence-electron chi connectivity index (χ4n) is 1.50. The molecule has 1 unspecified atom stereocenters. The zero-order valence-corrected chi connectivity index (χ0v) is 10.7. The van der Waals surface area contributed by atoms with Gasteiger partial charge in [-0.05, 0) is 18.1 Å². The van der Waals surface area contributed by atoms with Gasteiger partial charge >= 0.3 is 0 Å². The molecule has 86 valence electrons. The van der Waals surface area contributed by atoms with Gasteiger partial charge in [0.2, 0.25) is 0 Å². The number of nitrogens with zero attached hydrogens (tertiary/aromatic N) is 1. The van der Waals surface area contributed by atoms with Gasteiger partial charge in [0.15, 0.2) is 0 Å². The summed E-state index contributed by atoms with van der Waals surface area (Å²) in [6.07, 6.45) is 7.55. The highest BCUT2D eigenvalue weighted by atomic mass is 14.7. The van der Waals surface area contributed by atoms with Crippen molar-refractivity contribution in [1.29, 1.82) is 0 Å². The minimum absolute atomic E-state index is 0.110. The van der Waals surface area contributed by atoms with Crippen LogP contribution >= 0.6 is 0 Å². The van der Waals surface area contributed by atoms with Crippen LogP contribution in [0.4, 0.5) is 5.69 Å². The molecule has 0 aliphatic carbocycles. The SMILES string of the molecule is CC.CCC1(C)C=Cc2ccccc2N=C1. The average molecular weight is 215 g/mol. The van der Waals surface area contributed by atoms with Crippen molar-refractivity contribution in [2.24, 2.45) is 10.4 Å². The fourth-order valence-corrected chi connectivity index (χ4v) is 1.50. The van der Waals surface area contributed by atoms with E-state index in [0.29, 0.717) is 0 Å². The van der Waals surface area contributed by atoms with E-state index >= 15 is 0 Å². The first kappa shape index (κ1) is 12.7. The van der Waals surface area contributed by atoms with Crippen LogP contribution in [0.5, 0.6) is 0 Å². The quantitative estimate of drug-likeness (QED) is 0.634. The van der Waals surface area contributed by atoms with Crippen molar-refractivity contribution in [3.63, 3.8) is 0 Å². The summed E-state index contributed by atoms with van der Waals surface area (Å²) in [5.74, 6) is 0. The van der Waals surface area contributed by atoms with E-state index in [9.17, 15) is 0 Å². The van der Waals surface area contributed by atoms with Crippen LogP contribution in [0.3, 0.4) is 0 Å². The van der Waals surface area contributed by atoms with Crippen molar-refractivity contribution in [1.82, 2.24) is 0 Å². The summed E-state index contributed by atoms with van der Waals surface area (Å²) >= 11 is 0. The van der Waals surface area contributed by atoms with Gasteiger partial charge < -0.3 is 0 Å². The second-order valence-corrected chi connectivity index (χ2v) is 4.01. The van der Waals surface area contributed by atoms with Crippen LogP contribution in [-0.2, 0) is 0 Å². The second-order valence-electron chi connectivity index (χ2n) is 4.01. The lowest BCUT2D eigenvalue weighted by atomic mass is 9.89. The Kier molecular flexibility index (Phi) is 4.48. The first-order valence-corrected chi connectivity index (χ1v) is 6.07. The fraction of sp³-hybridized carbons (Fsp3) is 0.400. The largest absolute Gasteiger partial charge is 0.260 e. The zero-order chi connectivity index (χ0) is 12.0. The number of allylic oxidation sites excluding steroid dienone is 1. The van der Waals surface area contributed by atoms with Gasteiger partial charge in [-0.15, -0.1) is 0 Å². The average Bonchev–Trinajstić information content (AvgIpc) is 2.53. The molecule has 0 fully saturated rings. The summed E-state index contributed by atoms with van der Waals surface area (Å²) in [4.78, 5) is 4.52. The molecule has 0 bridgehead atoms. The van der Waals surface area contributed by atoms with Crippen LogP contribution in [-0.4, -0.2) is 6.21 Å². The smallest absolute Gasteiger partial charge is 0.0698 e. The lowest BCUT2D eigenvalue weighted by Crippen LogP contribution is -2.12. The van der Waals surface area contributed by atoms with E-state index in [1.54, 1.807) is 0 Å². The van der Waals surface area contributed by atoms with Crippen molar-refractivity contribution in [3.05, 3.63) is 35.9 Å². The molecule has 1 heterocycles. The molecule has 1 heteroatoms. The van der Waals surface area contributed by atoms with E-state index in [0.717, 1.165) is 12.1 Å². The zero-order valence-electron chi connectivity index (χ0n) is 10.7. The van der Waals surface area contributed by atoms with Gasteiger partial charge in [-0.2, -0.15) is 0 Å². The number of aliphatic imine (C=N–C) groups is 1.